The Morgan fingerprint density at radius 2 is 2.25 bits per heavy atom. The van der Waals surface area contributed by atoms with Crippen molar-refractivity contribution in [3.63, 3.8) is 0 Å². The van der Waals surface area contributed by atoms with Crippen LogP contribution in [0.25, 0.3) is 0 Å². The first-order chi connectivity index (χ1) is 9.34. The van der Waals surface area contributed by atoms with Crippen molar-refractivity contribution in [2.75, 3.05) is 19.6 Å². The Morgan fingerprint density at radius 1 is 1.55 bits per heavy atom. The summed E-state index contributed by atoms with van der Waals surface area (Å²) in [5.41, 5.74) is 0. The van der Waals surface area contributed by atoms with Crippen molar-refractivity contribution >= 4 is 6.03 Å². The normalized spacial score (nSPS) is 21.5. The van der Waals surface area contributed by atoms with E-state index in [4.69, 9.17) is 0 Å². The number of rotatable bonds is 6. The fraction of sp³-hybridized carbons (Fsp3) is 0.769. The molecule has 2 amide bonds. The highest BCUT2D eigenvalue weighted by atomic mass is 19.4. The van der Waals surface area contributed by atoms with Gasteiger partial charge < -0.3 is 10.6 Å². The average molecular weight is 293 g/mol. The highest BCUT2D eigenvalue weighted by Gasteiger charge is 2.34. The molecule has 1 fully saturated rings. The lowest BCUT2D eigenvalue weighted by atomic mass is 10.1. The van der Waals surface area contributed by atoms with E-state index in [0.717, 1.165) is 6.42 Å². The van der Waals surface area contributed by atoms with Gasteiger partial charge in [0.05, 0.1) is 6.54 Å². The van der Waals surface area contributed by atoms with E-state index in [2.05, 4.69) is 17.2 Å². The molecule has 2 atom stereocenters. The molecule has 0 aromatic heterocycles. The van der Waals surface area contributed by atoms with Crippen LogP contribution in [-0.2, 0) is 0 Å². The molecule has 0 bridgehead atoms. The molecule has 4 nitrogen and oxygen atoms in total. The molecule has 0 saturated carbocycles. The maximum Gasteiger partial charge on any atom is 0.401 e. The maximum absolute atomic E-state index is 12.2. The van der Waals surface area contributed by atoms with Gasteiger partial charge in [0.25, 0.3) is 0 Å². The van der Waals surface area contributed by atoms with Crippen LogP contribution in [0.4, 0.5) is 18.0 Å². The Hall–Kier alpha value is -1.24. The highest BCUT2D eigenvalue weighted by Crippen LogP contribution is 2.19. The predicted octanol–water partition coefficient (Wildman–Crippen LogP) is 2.28. The summed E-state index contributed by atoms with van der Waals surface area (Å²) in [7, 11) is 0. The Kier molecular flexibility index (Phi) is 6.32. The van der Waals surface area contributed by atoms with Crippen molar-refractivity contribution in [2.24, 2.45) is 0 Å². The SMILES string of the molecule is C=CCC(CC)NC(=O)NC1CCN(CC(F)(F)F)C1. The zero-order valence-electron chi connectivity index (χ0n) is 11.7. The van der Waals surface area contributed by atoms with Gasteiger partial charge in [0.1, 0.15) is 0 Å². The van der Waals surface area contributed by atoms with Crippen molar-refractivity contribution in [3.05, 3.63) is 12.7 Å². The van der Waals surface area contributed by atoms with Crippen LogP contribution < -0.4 is 10.6 Å². The maximum atomic E-state index is 12.2. The van der Waals surface area contributed by atoms with Gasteiger partial charge in [0.15, 0.2) is 0 Å². The number of likely N-dealkylation sites (tertiary alicyclic amines) is 1. The molecule has 0 aromatic rings. The summed E-state index contributed by atoms with van der Waals surface area (Å²) in [6.45, 7) is 5.25. The molecule has 20 heavy (non-hydrogen) atoms. The lowest BCUT2D eigenvalue weighted by Gasteiger charge is -2.20. The molecule has 0 spiro atoms. The number of nitrogens with one attached hydrogen (secondary N) is 2. The molecule has 7 heteroatoms. The van der Waals surface area contributed by atoms with Gasteiger partial charge in [-0.3, -0.25) is 4.90 Å². The van der Waals surface area contributed by atoms with Crippen molar-refractivity contribution in [1.29, 1.82) is 0 Å². The van der Waals surface area contributed by atoms with Crippen LogP contribution in [0.2, 0.25) is 0 Å². The van der Waals surface area contributed by atoms with Crippen molar-refractivity contribution < 1.29 is 18.0 Å². The Morgan fingerprint density at radius 3 is 2.80 bits per heavy atom. The van der Waals surface area contributed by atoms with E-state index in [1.807, 2.05) is 6.92 Å². The molecule has 0 aromatic carbocycles. The Bertz CT molecular complexity index is 333. The van der Waals surface area contributed by atoms with Gasteiger partial charge in [-0.15, -0.1) is 6.58 Å². The molecule has 2 N–H and O–H groups in total. The minimum Gasteiger partial charge on any atom is -0.335 e. The molecule has 1 saturated heterocycles. The monoisotopic (exact) mass is 293 g/mol. The number of alkyl halides is 3. The molecule has 116 valence electrons. The third kappa shape index (κ3) is 6.27. The van der Waals surface area contributed by atoms with E-state index in [9.17, 15) is 18.0 Å². The van der Waals surface area contributed by atoms with E-state index in [0.29, 0.717) is 19.4 Å². The number of carbonyl (C=O) groups excluding carboxylic acids is 1. The fourth-order valence-electron chi connectivity index (χ4n) is 2.29. The molecule has 2 unspecified atom stereocenters. The number of nitrogens with zero attached hydrogens (tertiary/aromatic N) is 1. The lowest BCUT2D eigenvalue weighted by molar-refractivity contribution is -0.143. The summed E-state index contributed by atoms with van der Waals surface area (Å²) in [4.78, 5) is 13.0. The molecule has 1 heterocycles. The van der Waals surface area contributed by atoms with Crippen LogP contribution in [0, 0.1) is 0 Å². The average Bonchev–Trinajstić information content (AvgIpc) is 2.73. The molecular formula is C13H22F3N3O. The summed E-state index contributed by atoms with van der Waals surface area (Å²) in [6, 6.07) is -0.531. The Labute approximate surface area is 117 Å². The highest BCUT2D eigenvalue weighted by molar-refractivity contribution is 5.74. The van der Waals surface area contributed by atoms with E-state index >= 15 is 0 Å². The van der Waals surface area contributed by atoms with E-state index < -0.39 is 12.7 Å². The zero-order valence-corrected chi connectivity index (χ0v) is 11.7. The summed E-state index contributed by atoms with van der Waals surface area (Å²) in [6.07, 6.45) is -0.454. The van der Waals surface area contributed by atoms with Crippen LogP contribution in [0.3, 0.4) is 0 Å². The van der Waals surface area contributed by atoms with Gasteiger partial charge in [0.2, 0.25) is 0 Å². The molecular weight excluding hydrogens is 271 g/mol. The number of urea groups is 1. The standard InChI is InChI=1S/C13H22F3N3O/c1-3-5-10(4-2)17-12(20)18-11-6-7-19(8-11)9-13(14,15)16/h3,10-11H,1,4-9H2,2H3,(H2,17,18,20). The van der Waals surface area contributed by atoms with E-state index in [1.165, 1.54) is 4.90 Å². The van der Waals surface area contributed by atoms with Gasteiger partial charge in [-0.1, -0.05) is 13.0 Å². The number of hydrogen-bond donors (Lipinski definition) is 2. The summed E-state index contributed by atoms with van der Waals surface area (Å²) >= 11 is 0. The molecule has 0 aliphatic carbocycles. The third-order valence-corrected chi connectivity index (χ3v) is 3.29. The number of hydrogen-bond acceptors (Lipinski definition) is 2. The topological polar surface area (TPSA) is 44.4 Å². The van der Waals surface area contributed by atoms with Crippen molar-refractivity contribution in [1.82, 2.24) is 15.5 Å². The van der Waals surface area contributed by atoms with Crippen LogP contribution in [0.1, 0.15) is 26.2 Å². The minimum atomic E-state index is -4.19. The number of carbonyl (C=O) groups is 1. The van der Waals surface area contributed by atoms with Crippen molar-refractivity contribution in [3.8, 4) is 0 Å². The summed E-state index contributed by atoms with van der Waals surface area (Å²) in [5, 5.41) is 5.52. The molecule has 1 aliphatic rings. The number of halogens is 3. The van der Waals surface area contributed by atoms with Gasteiger partial charge in [-0.05, 0) is 19.3 Å². The second-order valence-corrected chi connectivity index (χ2v) is 5.08. The second-order valence-electron chi connectivity index (χ2n) is 5.08. The van der Waals surface area contributed by atoms with Gasteiger partial charge in [-0.2, -0.15) is 13.2 Å². The lowest BCUT2D eigenvalue weighted by Crippen LogP contribution is -2.47. The third-order valence-electron chi connectivity index (χ3n) is 3.29. The smallest absolute Gasteiger partial charge is 0.335 e. The van der Waals surface area contributed by atoms with E-state index in [-0.39, 0.29) is 24.7 Å². The fourth-order valence-corrected chi connectivity index (χ4v) is 2.29. The van der Waals surface area contributed by atoms with Crippen LogP contribution >= 0.6 is 0 Å². The quantitative estimate of drug-likeness (QED) is 0.738. The van der Waals surface area contributed by atoms with Crippen LogP contribution in [0.15, 0.2) is 12.7 Å². The van der Waals surface area contributed by atoms with Gasteiger partial charge in [-0.25, -0.2) is 4.79 Å². The predicted molar refractivity (Wildman–Crippen MR) is 71.5 cm³/mol. The first-order valence-corrected chi connectivity index (χ1v) is 6.81. The molecule has 0 radical (unpaired) electrons. The summed E-state index contributed by atoms with van der Waals surface area (Å²) < 4.78 is 36.7. The largest absolute Gasteiger partial charge is 0.401 e. The molecule has 1 aliphatic heterocycles. The zero-order chi connectivity index (χ0) is 15.2. The second kappa shape index (κ2) is 7.52. The van der Waals surface area contributed by atoms with Gasteiger partial charge in [0, 0.05) is 25.2 Å². The van der Waals surface area contributed by atoms with Crippen LogP contribution in [-0.4, -0.2) is 48.8 Å². The van der Waals surface area contributed by atoms with E-state index in [1.54, 1.807) is 6.08 Å². The van der Waals surface area contributed by atoms with Crippen molar-refractivity contribution in [2.45, 2.75) is 44.4 Å². The molecule has 1 rings (SSSR count). The number of amides is 2. The first-order valence-electron chi connectivity index (χ1n) is 6.81. The van der Waals surface area contributed by atoms with Gasteiger partial charge >= 0.3 is 12.2 Å². The Balaban J connectivity index is 2.32. The minimum absolute atomic E-state index is 0.0141. The van der Waals surface area contributed by atoms with Crippen LogP contribution in [0.5, 0.6) is 0 Å². The summed E-state index contributed by atoms with van der Waals surface area (Å²) in [5.74, 6) is 0. The first kappa shape index (κ1) is 16.8.